The maximum Gasteiger partial charge on any atom is 0.195 e. The van der Waals surface area contributed by atoms with Crippen LogP contribution in [0.15, 0.2) is 203 Å². The van der Waals surface area contributed by atoms with E-state index < -0.39 is 0 Å². The van der Waals surface area contributed by atoms with Crippen molar-refractivity contribution >= 4 is 87.2 Å². The number of para-hydroxylation sites is 4. The molecule has 0 aliphatic carbocycles. The molecule has 0 unspecified atom stereocenters. The van der Waals surface area contributed by atoms with E-state index in [4.69, 9.17) is 13.8 Å². The maximum atomic E-state index is 6.12. The van der Waals surface area contributed by atoms with Crippen LogP contribution in [0, 0.1) is 0 Å². The Balaban J connectivity index is 0.942. The number of thiazole rings is 1. The summed E-state index contributed by atoms with van der Waals surface area (Å²) >= 11 is 1.75. The summed E-state index contributed by atoms with van der Waals surface area (Å²) in [4.78, 5) is 5.53. The molecular formula is C55H32N2O2S. The van der Waals surface area contributed by atoms with Crippen molar-refractivity contribution in [1.29, 1.82) is 0 Å². The Morgan fingerprint density at radius 3 is 1.32 bits per heavy atom. The summed E-state index contributed by atoms with van der Waals surface area (Å²) in [6.07, 6.45) is 0. The zero-order valence-electron chi connectivity index (χ0n) is 32.1. The average molecular weight is 785 g/mol. The van der Waals surface area contributed by atoms with Crippen molar-refractivity contribution in [1.82, 2.24) is 9.55 Å². The summed E-state index contributed by atoms with van der Waals surface area (Å²) in [6, 6.07) is 69.1. The molecule has 4 heterocycles. The zero-order valence-corrected chi connectivity index (χ0v) is 32.9. The van der Waals surface area contributed by atoms with E-state index in [-0.39, 0.29) is 0 Å². The normalized spacial score (nSPS) is 12.0. The van der Waals surface area contributed by atoms with Gasteiger partial charge in [0.2, 0.25) is 0 Å². The first-order chi connectivity index (χ1) is 29.7. The number of aromatic nitrogens is 2. The van der Waals surface area contributed by atoms with E-state index in [0.29, 0.717) is 0 Å². The predicted octanol–water partition coefficient (Wildman–Crippen LogP) is 15.9. The minimum absolute atomic E-state index is 0.903. The van der Waals surface area contributed by atoms with Crippen LogP contribution in [0.3, 0.4) is 0 Å². The van der Waals surface area contributed by atoms with Crippen molar-refractivity contribution < 1.29 is 8.83 Å². The van der Waals surface area contributed by atoms with Crippen molar-refractivity contribution in [2.45, 2.75) is 0 Å². The third-order valence-corrected chi connectivity index (χ3v) is 13.2. The van der Waals surface area contributed by atoms with Gasteiger partial charge < -0.3 is 8.83 Å². The monoisotopic (exact) mass is 784 g/mol. The smallest absolute Gasteiger partial charge is 0.195 e. The van der Waals surface area contributed by atoms with Crippen molar-refractivity contribution in [2.24, 2.45) is 0 Å². The second kappa shape index (κ2) is 12.9. The van der Waals surface area contributed by atoms with Crippen LogP contribution in [-0.2, 0) is 0 Å². The lowest BCUT2D eigenvalue weighted by molar-refractivity contribution is 0.668. The molecule has 280 valence electrons. The molecule has 13 aromatic rings. The molecular weight excluding hydrogens is 753 g/mol. The summed E-state index contributed by atoms with van der Waals surface area (Å²) in [5, 5.41) is 7.93. The second-order valence-electron chi connectivity index (χ2n) is 15.5. The average Bonchev–Trinajstić information content (AvgIpc) is 4.09. The van der Waals surface area contributed by atoms with Crippen LogP contribution in [0.4, 0.5) is 0 Å². The van der Waals surface area contributed by atoms with Gasteiger partial charge in [-0.15, -0.1) is 0 Å². The van der Waals surface area contributed by atoms with Crippen molar-refractivity contribution in [2.75, 3.05) is 0 Å². The van der Waals surface area contributed by atoms with E-state index in [0.717, 1.165) is 109 Å². The zero-order chi connectivity index (χ0) is 39.3. The van der Waals surface area contributed by atoms with E-state index in [1.54, 1.807) is 11.3 Å². The Morgan fingerprint density at radius 1 is 0.350 bits per heavy atom. The maximum absolute atomic E-state index is 6.12. The number of rotatable bonds is 5. The minimum Gasteiger partial charge on any atom is -0.456 e. The Kier molecular flexibility index (Phi) is 7.14. The van der Waals surface area contributed by atoms with Gasteiger partial charge in [0.05, 0.1) is 21.3 Å². The van der Waals surface area contributed by atoms with Gasteiger partial charge in [-0.05, 0) is 81.9 Å². The van der Waals surface area contributed by atoms with Crippen LogP contribution in [0.1, 0.15) is 0 Å². The Morgan fingerprint density at radius 2 is 0.767 bits per heavy atom. The summed E-state index contributed by atoms with van der Waals surface area (Å²) in [5.74, 6) is 0. The fourth-order valence-corrected chi connectivity index (χ4v) is 10.3. The lowest BCUT2D eigenvalue weighted by Crippen LogP contribution is -1.92. The molecule has 5 heteroatoms. The van der Waals surface area contributed by atoms with Crippen molar-refractivity contribution in [3.8, 4) is 49.6 Å². The van der Waals surface area contributed by atoms with E-state index in [1.165, 1.54) is 16.3 Å². The van der Waals surface area contributed by atoms with Crippen LogP contribution < -0.4 is 0 Å². The summed E-state index contributed by atoms with van der Waals surface area (Å²) in [6.45, 7) is 0. The fourth-order valence-electron chi connectivity index (χ4n) is 9.18. The highest BCUT2D eigenvalue weighted by molar-refractivity contribution is 7.21. The molecule has 0 saturated carbocycles. The highest BCUT2D eigenvalue weighted by Crippen LogP contribution is 2.43. The second-order valence-corrected chi connectivity index (χ2v) is 16.5. The third kappa shape index (κ3) is 5.06. The standard InChI is InChI=1S/C55H32N2O2S/c1-5-13-47-41(9-1)42-10-2-6-14-48(42)57(47)55-56-53-39(35-21-17-33(18-22-35)37-25-29-51-45(31-37)43-11-3-7-15-49(43)58-51)27-28-40(54(53)60-55)36-23-19-34(20-24-36)38-26-30-52-46(32-38)44-12-4-8-16-50(44)59-52/h1-32H. The van der Waals surface area contributed by atoms with Gasteiger partial charge in [-0.25, -0.2) is 4.98 Å². The highest BCUT2D eigenvalue weighted by atomic mass is 32.1. The van der Waals surface area contributed by atoms with Gasteiger partial charge >= 0.3 is 0 Å². The van der Waals surface area contributed by atoms with Crippen molar-refractivity contribution in [3.05, 3.63) is 194 Å². The summed E-state index contributed by atoms with van der Waals surface area (Å²) in [7, 11) is 0. The number of benzene rings is 9. The molecule has 0 amide bonds. The Labute approximate surface area is 347 Å². The molecule has 4 aromatic heterocycles. The molecule has 9 aromatic carbocycles. The third-order valence-electron chi connectivity index (χ3n) is 12.1. The van der Waals surface area contributed by atoms with Gasteiger partial charge in [0, 0.05) is 43.4 Å². The molecule has 0 fully saturated rings. The Bertz CT molecular complexity index is 3580. The van der Waals surface area contributed by atoms with Gasteiger partial charge in [0.25, 0.3) is 0 Å². The Hall–Kier alpha value is -7.73. The van der Waals surface area contributed by atoms with Crippen LogP contribution in [0.2, 0.25) is 0 Å². The quantitative estimate of drug-likeness (QED) is 0.175. The predicted molar refractivity (Wildman–Crippen MR) is 250 cm³/mol. The largest absolute Gasteiger partial charge is 0.456 e. The molecule has 0 radical (unpaired) electrons. The fraction of sp³-hybridized carbons (Fsp3) is 0. The molecule has 0 bridgehead atoms. The first kappa shape index (κ1) is 33.3. The molecule has 4 nitrogen and oxygen atoms in total. The highest BCUT2D eigenvalue weighted by Gasteiger charge is 2.20. The van der Waals surface area contributed by atoms with E-state index in [9.17, 15) is 0 Å². The topological polar surface area (TPSA) is 44.1 Å². The van der Waals surface area contributed by atoms with Crippen LogP contribution in [-0.4, -0.2) is 9.55 Å². The first-order valence-electron chi connectivity index (χ1n) is 20.2. The lowest BCUT2D eigenvalue weighted by atomic mass is 9.95. The lowest BCUT2D eigenvalue weighted by Gasteiger charge is -2.10. The first-order valence-corrected chi connectivity index (χ1v) is 21.0. The van der Waals surface area contributed by atoms with Crippen molar-refractivity contribution in [3.63, 3.8) is 0 Å². The van der Waals surface area contributed by atoms with Gasteiger partial charge in [0.15, 0.2) is 5.13 Å². The van der Waals surface area contributed by atoms with Gasteiger partial charge in [0.1, 0.15) is 22.3 Å². The summed E-state index contributed by atoms with van der Waals surface area (Å²) in [5.41, 5.74) is 16.1. The van der Waals surface area contributed by atoms with E-state index in [2.05, 4.69) is 174 Å². The number of hydrogen-bond donors (Lipinski definition) is 0. The molecule has 0 spiro atoms. The number of hydrogen-bond acceptors (Lipinski definition) is 4. The molecule has 0 atom stereocenters. The van der Waals surface area contributed by atoms with Gasteiger partial charge in [-0.1, -0.05) is 157 Å². The molecule has 0 aliphatic rings. The summed E-state index contributed by atoms with van der Waals surface area (Å²) < 4.78 is 15.7. The van der Waals surface area contributed by atoms with E-state index >= 15 is 0 Å². The van der Waals surface area contributed by atoms with Gasteiger partial charge in [-0.3, -0.25) is 4.57 Å². The molecule has 0 aliphatic heterocycles. The number of nitrogens with zero attached hydrogens (tertiary/aromatic N) is 2. The molecule has 0 N–H and O–H groups in total. The van der Waals surface area contributed by atoms with Crippen LogP contribution >= 0.6 is 11.3 Å². The molecule has 0 saturated heterocycles. The number of fused-ring (bicyclic) bond motifs is 10. The molecule has 13 rings (SSSR count). The minimum atomic E-state index is 0.903. The van der Waals surface area contributed by atoms with Gasteiger partial charge in [-0.2, -0.15) is 0 Å². The van der Waals surface area contributed by atoms with Crippen LogP contribution in [0.5, 0.6) is 0 Å². The SMILES string of the molecule is c1ccc2c(c1)oc1ccc(-c3ccc(-c4ccc(-c5ccc(-c6ccc7oc8ccccc8c7c6)cc5)c5sc(-n6c7ccccc7c7ccccc76)nc45)cc3)cc12. The van der Waals surface area contributed by atoms with E-state index in [1.807, 2.05) is 24.3 Å². The van der Waals surface area contributed by atoms with Crippen LogP contribution in [0.25, 0.3) is 126 Å². The molecule has 60 heavy (non-hydrogen) atoms. The number of furan rings is 2.